The fraction of sp³-hybridized carbons (Fsp3) is 0.467. The Kier molecular flexibility index (Phi) is 4.82. The number of aromatic nitrogens is 4. The van der Waals surface area contributed by atoms with E-state index in [1.54, 1.807) is 23.3 Å². The van der Waals surface area contributed by atoms with E-state index in [1.807, 2.05) is 12.1 Å². The number of likely N-dealkylation sites (tertiary alicyclic amines) is 1. The van der Waals surface area contributed by atoms with Crippen LogP contribution in [0.4, 0.5) is 4.79 Å². The van der Waals surface area contributed by atoms with Crippen LogP contribution in [0.25, 0.3) is 5.69 Å². The summed E-state index contributed by atoms with van der Waals surface area (Å²) in [6.07, 6.45) is 6.49. The van der Waals surface area contributed by atoms with E-state index in [9.17, 15) is 4.79 Å². The largest absolute Gasteiger partial charge is 0.446 e. The second kappa shape index (κ2) is 7.19. The van der Waals surface area contributed by atoms with Gasteiger partial charge >= 0.3 is 6.09 Å². The number of amides is 1. The van der Waals surface area contributed by atoms with Gasteiger partial charge < -0.3 is 15.0 Å². The molecule has 8 heteroatoms. The van der Waals surface area contributed by atoms with Gasteiger partial charge in [0.2, 0.25) is 0 Å². The highest BCUT2D eigenvalue weighted by atomic mass is 16.6. The van der Waals surface area contributed by atoms with Crippen molar-refractivity contribution < 1.29 is 9.53 Å². The number of rotatable bonds is 4. The van der Waals surface area contributed by atoms with Crippen molar-refractivity contribution in [1.82, 2.24) is 30.2 Å². The van der Waals surface area contributed by atoms with Crippen LogP contribution in [0.3, 0.4) is 0 Å². The van der Waals surface area contributed by atoms with E-state index in [-0.39, 0.29) is 12.6 Å². The van der Waals surface area contributed by atoms with Crippen molar-refractivity contribution >= 4 is 6.09 Å². The highest BCUT2D eigenvalue weighted by Gasteiger charge is 2.20. The third kappa shape index (κ3) is 4.26. The molecule has 8 nitrogen and oxygen atoms in total. The molecule has 0 saturated carbocycles. The van der Waals surface area contributed by atoms with Gasteiger partial charge in [-0.2, -0.15) is 0 Å². The van der Waals surface area contributed by atoms with Crippen molar-refractivity contribution in [3.63, 3.8) is 0 Å². The number of piperidine rings is 1. The number of carbonyl (C=O) groups excluding carboxylic acids is 1. The normalized spacial score (nSPS) is 16.2. The Morgan fingerprint density at radius 1 is 1.43 bits per heavy atom. The molecule has 1 N–H and O–H groups in total. The van der Waals surface area contributed by atoms with Crippen molar-refractivity contribution in [2.24, 2.45) is 0 Å². The van der Waals surface area contributed by atoms with Crippen LogP contribution in [-0.2, 0) is 11.3 Å². The van der Waals surface area contributed by atoms with E-state index >= 15 is 0 Å². The predicted octanol–water partition coefficient (Wildman–Crippen LogP) is 0.983. The number of nitrogens with zero attached hydrogens (tertiary/aromatic N) is 5. The molecule has 3 rings (SSSR count). The molecule has 0 atom stereocenters. The van der Waals surface area contributed by atoms with Crippen LogP contribution in [0.15, 0.2) is 30.7 Å². The molecule has 2 aromatic heterocycles. The lowest BCUT2D eigenvalue weighted by Gasteiger charge is -2.28. The summed E-state index contributed by atoms with van der Waals surface area (Å²) < 4.78 is 7.03. The third-order valence-electron chi connectivity index (χ3n) is 3.80. The lowest BCUT2D eigenvalue weighted by molar-refractivity contribution is 0.0568. The SMILES string of the molecule is CN1CCC(OC(=O)NCc2cn(-c3cccnc3)nn2)CC1. The first-order chi connectivity index (χ1) is 11.2. The van der Waals surface area contributed by atoms with Crippen molar-refractivity contribution in [2.45, 2.75) is 25.5 Å². The third-order valence-corrected chi connectivity index (χ3v) is 3.80. The van der Waals surface area contributed by atoms with Crippen LogP contribution in [0.1, 0.15) is 18.5 Å². The molecule has 0 aliphatic carbocycles. The van der Waals surface area contributed by atoms with Crippen LogP contribution in [0.2, 0.25) is 0 Å². The van der Waals surface area contributed by atoms with Crippen molar-refractivity contribution in [3.8, 4) is 5.69 Å². The van der Waals surface area contributed by atoms with Gasteiger partial charge in [-0.1, -0.05) is 5.21 Å². The van der Waals surface area contributed by atoms with E-state index in [1.165, 1.54) is 0 Å². The average molecular weight is 316 g/mol. The lowest BCUT2D eigenvalue weighted by atomic mass is 10.1. The first kappa shape index (κ1) is 15.4. The zero-order chi connectivity index (χ0) is 16.1. The number of pyridine rings is 1. The first-order valence-corrected chi connectivity index (χ1v) is 7.65. The summed E-state index contributed by atoms with van der Waals surface area (Å²) in [5, 5.41) is 10.8. The van der Waals surface area contributed by atoms with E-state index in [2.05, 4.69) is 32.6 Å². The number of nitrogens with one attached hydrogen (secondary N) is 1. The van der Waals surface area contributed by atoms with E-state index in [4.69, 9.17) is 4.74 Å². The van der Waals surface area contributed by atoms with Crippen LogP contribution < -0.4 is 5.32 Å². The van der Waals surface area contributed by atoms with Gasteiger partial charge in [-0.05, 0) is 32.0 Å². The molecule has 1 saturated heterocycles. The summed E-state index contributed by atoms with van der Waals surface area (Å²) in [6.45, 7) is 2.19. The topological polar surface area (TPSA) is 85.2 Å². The summed E-state index contributed by atoms with van der Waals surface area (Å²) in [6, 6.07) is 3.71. The molecule has 0 bridgehead atoms. The number of ether oxygens (including phenoxy) is 1. The van der Waals surface area contributed by atoms with E-state index in [0.29, 0.717) is 5.69 Å². The molecule has 1 aliphatic rings. The highest BCUT2D eigenvalue weighted by Crippen LogP contribution is 2.12. The Hall–Kier alpha value is -2.48. The van der Waals surface area contributed by atoms with Crippen molar-refractivity contribution in [1.29, 1.82) is 0 Å². The standard InChI is InChI=1S/C15H20N6O2/c1-20-7-4-14(5-8-20)23-15(22)17-9-12-11-21(19-18-12)13-3-2-6-16-10-13/h2-3,6,10-11,14H,4-5,7-9H2,1H3,(H,17,22). The Balaban J connectivity index is 1.47. The summed E-state index contributed by atoms with van der Waals surface area (Å²) in [7, 11) is 2.07. The second-order valence-corrected chi connectivity index (χ2v) is 5.63. The maximum atomic E-state index is 11.8. The maximum Gasteiger partial charge on any atom is 0.407 e. The molecular formula is C15H20N6O2. The van der Waals surface area contributed by atoms with Gasteiger partial charge in [0.1, 0.15) is 11.8 Å². The monoisotopic (exact) mass is 316 g/mol. The molecule has 1 amide bonds. The number of hydrogen-bond acceptors (Lipinski definition) is 6. The minimum absolute atomic E-state index is 0.00252. The summed E-state index contributed by atoms with van der Waals surface area (Å²) >= 11 is 0. The molecule has 0 radical (unpaired) electrons. The molecule has 23 heavy (non-hydrogen) atoms. The van der Waals surface area contributed by atoms with Gasteiger partial charge in [0.15, 0.2) is 0 Å². The molecular weight excluding hydrogens is 296 g/mol. The minimum Gasteiger partial charge on any atom is -0.446 e. The fourth-order valence-corrected chi connectivity index (χ4v) is 2.45. The summed E-state index contributed by atoms with van der Waals surface area (Å²) in [5.74, 6) is 0. The Bertz CT molecular complexity index is 636. The van der Waals surface area contributed by atoms with Gasteiger partial charge in [0, 0.05) is 19.3 Å². The zero-order valence-electron chi connectivity index (χ0n) is 13.1. The molecule has 122 valence electrons. The van der Waals surface area contributed by atoms with Gasteiger partial charge in [0.25, 0.3) is 0 Å². The minimum atomic E-state index is -0.407. The van der Waals surface area contributed by atoms with Gasteiger partial charge in [-0.25, -0.2) is 9.48 Å². The van der Waals surface area contributed by atoms with E-state index in [0.717, 1.165) is 31.6 Å². The van der Waals surface area contributed by atoms with Gasteiger partial charge in [0.05, 0.1) is 24.6 Å². The number of hydrogen-bond donors (Lipinski definition) is 1. The molecule has 0 aromatic carbocycles. The Morgan fingerprint density at radius 3 is 3.00 bits per heavy atom. The molecule has 1 fully saturated rings. The molecule has 2 aromatic rings. The van der Waals surface area contributed by atoms with Crippen LogP contribution >= 0.6 is 0 Å². The second-order valence-electron chi connectivity index (χ2n) is 5.63. The summed E-state index contributed by atoms with van der Waals surface area (Å²) in [4.78, 5) is 18.1. The van der Waals surface area contributed by atoms with Crippen molar-refractivity contribution in [2.75, 3.05) is 20.1 Å². The average Bonchev–Trinajstić information content (AvgIpc) is 3.05. The van der Waals surface area contributed by atoms with E-state index < -0.39 is 6.09 Å². The highest BCUT2D eigenvalue weighted by molar-refractivity contribution is 5.67. The molecule has 3 heterocycles. The smallest absolute Gasteiger partial charge is 0.407 e. The van der Waals surface area contributed by atoms with Crippen molar-refractivity contribution in [3.05, 3.63) is 36.4 Å². The Morgan fingerprint density at radius 2 is 2.26 bits per heavy atom. The van der Waals surface area contributed by atoms with Crippen LogP contribution in [0.5, 0.6) is 0 Å². The fourth-order valence-electron chi connectivity index (χ4n) is 2.45. The molecule has 0 unspecified atom stereocenters. The Labute approximate surface area is 134 Å². The molecule has 1 aliphatic heterocycles. The maximum absolute atomic E-state index is 11.8. The lowest BCUT2D eigenvalue weighted by Crippen LogP contribution is -2.37. The zero-order valence-corrected chi connectivity index (χ0v) is 13.1. The first-order valence-electron chi connectivity index (χ1n) is 7.65. The number of carbonyl (C=O) groups is 1. The van der Waals surface area contributed by atoms with Gasteiger partial charge in [-0.3, -0.25) is 4.98 Å². The quantitative estimate of drug-likeness (QED) is 0.905. The van der Waals surface area contributed by atoms with Gasteiger partial charge in [-0.15, -0.1) is 5.10 Å². The summed E-state index contributed by atoms with van der Waals surface area (Å²) in [5.41, 5.74) is 1.48. The van der Waals surface area contributed by atoms with Crippen LogP contribution in [0, 0.1) is 0 Å². The van der Waals surface area contributed by atoms with Crippen LogP contribution in [-0.4, -0.2) is 57.2 Å². The molecule has 0 spiro atoms. The predicted molar refractivity (Wildman–Crippen MR) is 83.0 cm³/mol. The number of alkyl carbamates (subject to hydrolysis) is 1.